The smallest absolute Gasteiger partial charge is 0.135 e. The maximum absolute atomic E-state index is 9.22. The summed E-state index contributed by atoms with van der Waals surface area (Å²) in [5.74, 6) is 0.252. The number of hydrogen-bond acceptors (Lipinski definition) is 3. The molecule has 0 radical (unpaired) electrons. The summed E-state index contributed by atoms with van der Waals surface area (Å²) >= 11 is 0. The molecular weight excluding hydrogens is 152 g/mol. The number of nitrogens with zero attached hydrogens (tertiary/aromatic N) is 2. The van der Waals surface area contributed by atoms with E-state index >= 15 is 0 Å². The van der Waals surface area contributed by atoms with E-state index in [0.29, 0.717) is 0 Å². The van der Waals surface area contributed by atoms with Gasteiger partial charge in [-0.1, -0.05) is 0 Å². The van der Waals surface area contributed by atoms with Gasteiger partial charge in [0.05, 0.1) is 17.6 Å². The number of pyridine rings is 1. The lowest BCUT2D eigenvalue weighted by Crippen LogP contribution is -2.25. The number of rotatable bonds is 0. The Balaban J connectivity index is 2.47. The molecule has 2 heterocycles. The Labute approximate surface area is 71.7 Å². The second-order valence-corrected chi connectivity index (χ2v) is 3.18. The molecule has 0 aliphatic carbocycles. The van der Waals surface area contributed by atoms with Crippen LogP contribution in [0.25, 0.3) is 0 Å². The zero-order chi connectivity index (χ0) is 8.55. The van der Waals surface area contributed by atoms with Crippen molar-refractivity contribution in [2.24, 2.45) is 0 Å². The summed E-state index contributed by atoms with van der Waals surface area (Å²) in [5.41, 5.74) is 2.17. The number of anilines is 1. The SMILES string of the molecule is CN1CCCc2ncc(O)cc21. The van der Waals surface area contributed by atoms with Crippen LogP contribution in [0.15, 0.2) is 12.3 Å². The summed E-state index contributed by atoms with van der Waals surface area (Å²) in [7, 11) is 2.03. The van der Waals surface area contributed by atoms with Gasteiger partial charge in [-0.2, -0.15) is 0 Å². The number of aryl methyl sites for hydroxylation is 1. The predicted molar refractivity (Wildman–Crippen MR) is 47.5 cm³/mol. The minimum absolute atomic E-state index is 0.252. The van der Waals surface area contributed by atoms with Gasteiger partial charge < -0.3 is 10.0 Å². The molecule has 1 aromatic heterocycles. The number of hydrogen-bond donors (Lipinski definition) is 1. The molecular formula is C9H12N2O. The Bertz CT molecular complexity index is 299. The molecule has 0 bridgehead atoms. The van der Waals surface area contributed by atoms with E-state index in [2.05, 4.69) is 9.88 Å². The van der Waals surface area contributed by atoms with E-state index in [-0.39, 0.29) is 5.75 Å². The molecule has 0 saturated carbocycles. The van der Waals surface area contributed by atoms with Crippen LogP contribution in [0, 0.1) is 0 Å². The van der Waals surface area contributed by atoms with Crippen molar-refractivity contribution in [1.82, 2.24) is 4.98 Å². The van der Waals surface area contributed by atoms with Gasteiger partial charge in [0.15, 0.2) is 0 Å². The largest absolute Gasteiger partial charge is 0.506 e. The Kier molecular flexibility index (Phi) is 1.64. The van der Waals surface area contributed by atoms with E-state index in [4.69, 9.17) is 0 Å². The zero-order valence-electron chi connectivity index (χ0n) is 7.12. The Morgan fingerprint density at radius 1 is 1.58 bits per heavy atom. The average molecular weight is 164 g/mol. The molecule has 3 heteroatoms. The fourth-order valence-corrected chi connectivity index (χ4v) is 1.60. The van der Waals surface area contributed by atoms with Crippen molar-refractivity contribution >= 4 is 5.69 Å². The van der Waals surface area contributed by atoms with Crippen LogP contribution in [-0.4, -0.2) is 23.7 Å². The van der Waals surface area contributed by atoms with E-state index in [1.54, 1.807) is 6.07 Å². The quantitative estimate of drug-likeness (QED) is 0.625. The predicted octanol–water partition coefficient (Wildman–Crippen LogP) is 1.17. The van der Waals surface area contributed by atoms with Crippen LogP contribution in [0.3, 0.4) is 0 Å². The van der Waals surface area contributed by atoms with Crippen molar-refractivity contribution in [2.45, 2.75) is 12.8 Å². The van der Waals surface area contributed by atoms with Crippen LogP contribution in [0.4, 0.5) is 5.69 Å². The first-order chi connectivity index (χ1) is 5.77. The topological polar surface area (TPSA) is 36.4 Å². The summed E-state index contributed by atoms with van der Waals surface area (Å²) in [6.45, 7) is 1.05. The molecule has 1 N–H and O–H groups in total. The normalized spacial score (nSPS) is 15.9. The third-order valence-corrected chi connectivity index (χ3v) is 2.25. The highest BCUT2D eigenvalue weighted by Gasteiger charge is 2.14. The van der Waals surface area contributed by atoms with Gasteiger partial charge in [0, 0.05) is 19.7 Å². The number of aromatic hydroxyl groups is 1. The first kappa shape index (κ1) is 7.40. The van der Waals surface area contributed by atoms with Gasteiger partial charge in [-0.15, -0.1) is 0 Å². The Morgan fingerprint density at radius 3 is 3.25 bits per heavy atom. The van der Waals surface area contributed by atoms with Gasteiger partial charge >= 0.3 is 0 Å². The fourth-order valence-electron chi connectivity index (χ4n) is 1.60. The molecule has 64 valence electrons. The van der Waals surface area contributed by atoms with Crippen LogP contribution in [0.2, 0.25) is 0 Å². The van der Waals surface area contributed by atoms with Crippen molar-refractivity contribution < 1.29 is 5.11 Å². The highest BCUT2D eigenvalue weighted by Crippen LogP contribution is 2.26. The number of aromatic nitrogens is 1. The zero-order valence-corrected chi connectivity index (χ0v) is 7.12. The van der Waals surface area contributed by atoms with Crippen LogP contribution in [-0.2, 0) is 6.42 Å². The summed E-state index contributed by atoms with van der Waals surface area (Å²) in [6, 6.07) is 1.78. The van der Waals surface area contributed by atoms with Crippen LogP contribution in [0.5, 0.6) is 5.75 Å². The lowest BCUT2D eigenvalue weighted by molar-refractivity contribution is 0.471. The van der Waals surface area contributed by atoms with Gasteiger partial charge in [0.2, 0.25) is 0 Å². The van der Waals surface area contributed by atoms with E-state index in [9.17, 15) is 5.11 Å². The van der Waals surface area contributed by atoms with E-state index in [1.165, 1.54) is 6.20 Å². The molecule has 2 rings (SSSR count). The van der Waals surface area contributed by atoms with E-state index < -0.39 is 0 Å². The third-order valence-electron chi connectivity index (χ3n) is 2.25. The monoisotopic (exact) mass is 164 g/mol. The number of fused-ring (bicyclic) bond motifs is 1. The van der Waals surface area contributed by atoms with Crippen molar-refractivity contribution in [3.05, 3.63) is 18.0 Å². The minimum Gasteiger partial charge on any atom is -0.506 e. The summed E-state index contributed by atoms with van der Waals surface area (Å²) in [6.07, 6.45) is 3.69. The molecule has 0 unspecified atom stereocenters. The highest BCUT2D eigenvalue weighted by molar-refractivity contribution is 5.54. The molecule has 3 nitrogen and oxygen atoms in total. The lowest BCUT2D eigenvalue weighted by Gasteiger charge is -2.26. The van der Waals surface area contributed by atoms with Crippen molar-refractivity contribution in [3.63, 3.8) is 0 Å². The van der Waals surface area contributed by atoms with Crippen molar-refractivity contribution in [2.75, 3.05) is 18.5 Å². The van der Waals surface area contributed by atoms with Crippen LogP contribution >= 0.6 is 0 Å². The first-order valence-corrected chi connectivity index (χ1v) is 4.16. The van der Waals surface area contributed by atoms with Crippen molar-refractivity contribution in [1.29, 1.82) is 0 Å². The molecule has 0 fully saturated rings. The van der Waals surface area contributed by atoms with E-state index in [1.807, 2.05) is 7.05 Å². The maximum Gasteiger partial charge on any atom is 0.135 e. The molecule has 0 spiro atoms. The molecule has 1 aliphatic rings. The molecule has 1 aromatic rings. The van der Waals surface area contributed by atoms with Gasteiger partial charge in [0.25, 0.3) is 0 Å². The fraction of sp³-hybridized carbons (Fsp3) is 0.444. The van der Waals surface area contributed by atoms with Crippen LogP contribution in [0.1, 0.15) is 12.1 Å². The van der Waals surface area contributed by atoms with Gasteiger partial charge in [-0.3, -0.25) is 4.98 Å². The molecule has 0 atom stereocenters. The molecule has 0 aromatic carbocycles. The maximum atomic E-state index is 9.22. The standard InChI is InChI=1S/C9H12N2O/c1-11-4-2-3-8-9(11)5-7(12)6-10-8/h5-6,12H,2-4H2,1H3. The summed E-state index contributed by atoms with van der Waals surface area (Å²) in [5, 5.41) is 9.22. The second-order valence-electron chi connectivity index (χ2n) is 3.18. The highest BCUT2D eigenvalue weighted by atomic mass is 16.3. The molecule has 0 saturated heterocycles. The van der Waals surface area contributed by atoms with Gasteiger partial charge in [-0.25, -0.2) is 0 Å². The first-order valence-electron chi connectivity index (χ1n) is 4.16. The van der Waals surface area contributed by atoms with Gasteiger partial charge in [-0.05, 0) is 12.8 Å². The average Bonchev–Trinajstić information content (AvgIpc) is 2.07. The molecule has 0 amide bonds. The van der Waals surface area contributed by atoms with Gasteiger partial charge in [0.1, 0.15) is 5.75 Å². The Hall–Kier alpha value is -1.25. The molecule has 1 aliphatic heterocycles. The summed E-state index contributed by atoms with van der Waals surface area (Å²) in [4.78, 5) is 6.31. The van der Waals surface area contributed by atoms with Crippen LogP contribution < -0.4 is 4.90 Å². The van der Waals surface area contributed by atoms with E-state index in [0.717, 1.165) is 30.8 Å². The third kappa shape index (κ3) is 1.11. The molecule has 12 heavy (non-hydrogen) atoms. The van der Waals surface area contributed by atoms with Crippen molar-refractivity contribution in [3.8, 4) is 5.75 Å². The Morgan fingerprint density at radius 2 is 2.42 bits per heavy atom. The minimum atomic E-state index is 0.252. The summed E-state index contributed by atoms with van der Waals surface area (Å²) < 4.78 is 0. The second kappa shape index (κ2) is 2.66. The lowest BCUT2D eigenvalue weighted by atomic mass is 10.1.